The van der Waals surface area contributed by atoms with Crippen molar-refractivity contribution in [1.82, 2.24) is 9.97 Å². The number of anilines is 1. The molecule has 3 nitrogen and oxygen atoms in total. The minimum Gasteiger partial charge on any atom is -0.357 e. The Hall–Kier alpha value is -0.940. The molecule has 0 fully saturated rings. The molecule has 0 saturated heterocycles. The Morgan fingerprint density at radius 2 is 1.88 bits per heavy atom. The van der Waals surface area contributed by atoms with Crippen molar-refractivity contribution in [2.75, 3.05) is 5.32 Å². The summed E-state index contributed by atoms with van der Waals surface area (Å²) in [5.41, 5.74) is 2.15. The van der Waals surface area contributed by atoms with E-state index in [0.29, 0.717) is 0 Å². The summed E-state index contributed by atoms with van der Waals surface area (Å²) in [6.45, 7) is 10.5. The van der Waals surface area contributed by atoms with Gasteiger partial charge in [-0.1, -0.05) is 0 Å². The monoisotopic (exact) mass is 267 g/mol. The molecule has 2 heterocycles. The molecule has 2 aromatic rings. The summed E-state index contributed by atoms with van der Waals surface area (Å²) in [7, 11) is 0. The zero-order valence-corrected chi connectivity index (χ0v) is 12.4. The number of nitrogens with one attached hydrogen (secondary N) is 1. The number of nitrogens with zero attached hydrogens (tertiary/aromatic N) is 2. The predicted octanol–water partition coefficient (Wildman–Crippen LogP) is 4.09. The first-order chi connectivity index (χ1) is 7.85. The van der Waals surface area contributed by atoms with Crippen LogP contribution in [0.4, 0.5) is 5.13 Å². The van der Waals surface area contributed by atoms with Crippen LogP contribution in [0.15, 0.2) is 5.38 Å². The van der Waals surface area contributed by atoms with Gasteiger partial charge in [-0.25, -0.2) is 9.97 Å². The van der Waals surface area contributed by atoms with E-state index in [1.165, 1.54) is 4.88 Å². The molecule has 0 aliphatic rings. The van der Waals surface area contributed by atoms with Crippen molar-refractivity contribution < 1.29 is 0 Å². The van der Waals surface area contributed by atoms with Crippen LogP contribution >= 0.6 is 22.7 Å². The Morgan fingerprint density at radius 3 is 2.41 bits per heavy atom. The van der Waals surface area contributed by atoms with Crippen LogP contribution in [-0.2, 0) is 0 Å². The standard InChI is InChI=1S/C12H17N3S2/c1-7-10(17-8(2)13-7)9-6-16-11(14-9)15-12(3,4)5/h6H,1-5H3,(H,14,15). The van der Waals surface area contributed by atoms with E-state index in [-0.39, 0.29) is 5.54 Å². The van der Waals surface area contributed by atoms with Gasteiger partial charge in [-0.15, -0.1) is 22.7 Å². The third-order valence-corrected chi connectivity index (χ3v) is 3.98. The van der Waals surface area contributed by atoms with E-state index in [1.54, 1.807) is 22.7 Å². The number of aryl methyl sites for hydroxylation is 2. The van der Waals surface area contributed by atoms with Gasteiger partial charge in [0, 0.05) is 10.9 Å². The maximum atomic E-state index is 4.62. The van der Waals surface area contributed by atoms with Crippen LogP contribution in [-0.4, -0.2) is 15.5 Å². The summed E-state index contributed by atoms with van der Waals surface area (Å²) in [6.07, 6.45) is 0. The Bertz CT molecular complexity index is 520. The predicted molar refractivity (Wildman–Crippen MR) is 76.1 cm³/mol. The number of thiazole rings is 2. The summed E-state index contributed by atoms with van der Waals surface area (Å²) in [5, 5.41) is 7.54. The van der Waals surface area contributed by atoms with Crippen LogP contribution in [0.1, 0.15) is 31.5 Å². The fraction of sp³-hybridized carbons (Fsp3) is 0.500. The minimum atomic E-state index is 0.0494. The van der Waals surface area contributed by atoms with Crippen LogP contribution < -0.4 is 5.32 Å². The number of hydrogen-bond acceptors (Lipinski definition) is 5. The Morgan fingerprint density at radius 1 is 1.18 bits per heavy atom. The largest absolute Gasteiger partial charge is 0.357 e. The van der Waals surface area contributed by atoms with Gasteiger partial charge in [0.15, 0.2) is 5.13 Å². The molecule has 0 aliphatic heterocycles. The molecular weight excluding hydrogens is 250 g/mol. The van der Waals surface area contributed by atoms with Gasteiger partial charge in [0.25, 0.3) is 0 Å². The fourth-order valence-electron chi connectivity index (χ4n) is 1.53. The average Bonchev–Trinajstić information content (AvgIpc) is 2.70. The molecule has 1 N–H and O–H groups in total. The number of rotatable bonds is 2. The summed E-state index contributed by atoms with van der Waals surface area (Å²) >= 11 is 3.35. The molecule has 2 aromatic heterocycles. The first-order valence-electron chi connectivity index (χ1n) is 5.53. The zero-order chi connectivity index (χ0) is 12.6. The minimum absolute atomic E-state index is 0.0494. The molecule has 0 bridgehead atoms. The lowest BCUT2D eigenvalue weighted by atomic mass is 10.1. The lowest BCUT2D eigenvalue weighted by Gasteiger charge is -2.19. The van der Waals surface area contributed by atoms with Gasteiger partial charge in [-0.05, 0) is 34.6 Å². The van der Waals surface area contributed by atoms with Crippen molar-refractivity contribution in [2.24, 2.45) is 0 Å². The molecule has 0 saturated carbocycles. The summed E-state index contributed by atoms with van der Waals surface area (Å²) in [5.74, 6) is 0. The second-order valence-electron chi connectivity index (χ2n) is 5.06. The first-order valence-corrected chi connectivity index (χ1v) is 7.23. The van der Waals surface area contributed by atoms with Crippen molar-refractivity contribution >= 4 is 27.8 Å². The molecule has 2 rings (SSSR count). The van der Waals surface area contributed by atoms with E-state index in [2.05, 4.69) is 41.4 Å². The molecule has 92 valence electrons. The fourth-order valence-corrected chi connectivity index (χ4v) is 3.39. The second-order valence-corrected chi connectivity index (χ2v) is 7.12. The Balaban J connectivity index is 2.27. The van der Waals surface area contributed by atoms with Gasteiger partial charge in [-0.2, -0.15) is 0 Å². The van der Waals surface area contributed by atoms with E-state index in [0.717, 1.165) is 21.5 Å². The van der Waals surface area contributed by atoms with Crippen molar-refractivity contribution in [2.45, 2.75) is 40.2 Å². The number of aromatic nitrogens is 2. The van der Waals surface area contributed by atoms with Crippen molar-refractivity contribution in [3.63, 3.8) is 0 Å². The molecule has 0 unspecified atom stereocenters. The smallest absolute Gasteiger partial charge is 0.183 e. The van der Waals surface area contributed by atoms with Crippen molar-refractivity contribution in [3.05, 3.63) is 16.1 Å². The van der Waals surface area contributed by atoms with Crippen molar-refractivity contribution in [1.29, 1.82) is 0 Å². The summed E-state index contributed by atoms with van der Waals surface area (Å²) in [6, 6.07) is 0. The van der Waals surface area contributed by atoms with Gasteiger partial charge in [0.1, 0.15) is 0 Å². The Kier molecular flexibility index (Phi) is 3.23. The van der Waals surface area contributed by atoms with E-state index in [1.807, 2.05) is 13.8 Å². The van der Waals surface area contributed by atoms with Crippen LogP contribution in [0, 0.1) is 13.8 Å². The third-order valence-electron chi connectivity index (χ3n) is 2.12. The average molecular weight is 267 g/mol. The van der Waals surface area contributed by atoms with Crippen LogP contribution in [0.2, 0.25) is 0 Å². The maximum Gasteiger partial charge on any atom is 0.183 e. The highest BCUT2D eigenvalue weighted by atomic mass is 32.1. The first kappa shape index (κ1) is 12.5. The molecule has 5 heteroatoms. The lowest BCUT2D eigenvalue weighted by Crippen LogP contribution is -2.25. The van der Waals surface area contributed by atoms with Gasteiger partial charge < -0.3 is 5.32 Å². The summed E-state index contributed by atoms with van der Waals surface area (Å²) < 4.78 is 0. The quantitative estimate of drug-likeness (QED) is 0.890. The van der Waals surface area contributed by atoms with Gasteiger partial charge in [-0.3, -0.25) is 0 Å². The molecule has 0 spiro atoms. The molecule has 0 aromatic carbocycles. The SMILES string of the molecule is Cc1nc(C)c(-c2csc(NC(C)(C)C)n2)s1. The second kappa shape index (κ2) is 4.38. The third kappa shape index (κ3) is 3.04. The highest BCUT2D eigenvalue weighted by Crippen LogP contribution is 2.32. The van der Waals surface area contributed by atoms with Crippen molar-refractivity contribution in [3.8, 4) is 10.6 Å². The lowest BCUT2D eigenvalue weighted by molar-refractivity contribution is 0.633. The topological polar surface area (TPSA) is 37.8 Å². The van der Waals surface area contributed by atoms with E-state index in [9.17, 15) is 0 Å². The summed E-state index contributed by atoms with van der Waals surface area (Å²) in [4.78, 5) is 10.2. The molecule has 0 atom stereocenters. The molecule has 0 radical (unpaired) electrons. The maximum absolute atomic E-state index is 4.62. The number of hydrogen-bond donors (Lipinski definition) is 1. The highest BCUT2D eigenvalue weighted by molar-refractivity contribution is 7.16. The zero-order valence-electron chi connectivity index (χ0n) is 10.8. The van der Waals surface area contributed by atoms with Crippen LogP contribution in [0.3, 0.4) is 0 Å². The van der Waals surface area contributed by atoms with Crippen LogP contribution in [0.5, 0.6) is 0 Å². The van der Waals surface area contributed by atoms with Crippen LogP contribution in [0.25, 0.3) is 10.6 Å². The Labute approximate surface area is 110 Å². The highest BCUT2D eigenvalue weighted by Gasteiger charge is 2.15. The van der Waals surface area contributed by atoms with E-state index >= 15 is 0 Å². The normalized spacial score (nSPS) is 11.8. The molecule has 0 aliphatic carbocycles. The van der Waals surface area contributed by atoms with Gasteiger partial charge >= 0.3 is 0 Å². The van der Waals surface area contributed by atoms with Gasteiger partial charge in [0.05, 0.1) is 21.3 Å². The van der Waals surface area contributed by atoms with Gasteiger partial charge in [0.2, 0.25) is 0 Å². The molecule has 17 heavy (non-hydrogen) atoms. The molecular formula is C12H17N3S2. The van der Waals surface area contributed by atoms with E-state index < -0.39 is 0 Å². The molecule has 0 amide bonds. The van der Waals surface area contributed by atoms with E-state index in [4.69, 9.17) is 0 Å².